The Morgan fingerprint density at radius 1 is 1.45 bits per heavy atom. The molecule has 2 nitrogen and oxygen atoms in total. The maximum absolute atomic E-state index is 10.4. The van der Waals surface area contributed by atoms with E-state index >= 15 is 0 Å². The normalized spacial score (nSPS) is 15.5. The molecule has 11 heavy (non-hydrogen) atoms. The number of allylic oxidation sites excluding steroid dienone is 1. The van der Waals surface area contributed by atoms with Crippen LogP contribution in [0.1, 0.15) is 17.7 Å². The third-order valence-electron chi connectivity index (χ3n) is 2.02. The van der Waals surface area contributed by atoms with Crippen LogP contribution < -0.4 is 0 Å². The van der Waals surface area contributed by atoms with Gasteiger partial charge in [0.15, 0.2) is 0 Å². The van der Waals surface area contributed by atoms with Crippen molar-refractivity contribution in [2.24, 2.45) is 0 Å². The zero-order chi connectivity index (χ0) is 7.68. The van der Waals surface area contributed by atoms with Gasteiger partial charge in [-0.1, -0.05) is 0 Å². The van der Waals surface area contributed by atoms with Gasteiger partial charge in [0.1, 0.15) is 6.29 Å². The number of aromatic amines is 1. The number of rotatable bonds is 1. The van der Waals surface area contributed by atoms with E-state index < -0.39 is 0 Å². The number of fused-ring (bicyclic) bond motifs is 1. The van der Waals surface area contributed by atoms with Crippen molar-refractivity contribution in [2.45, 2.75) is 12.8 Å². The highest BCUT2D eigenvalue weighted by Gasteiger charge is 2.09. The highest BCUT2D eigenvalue weighted by atomic mass is 16.1. The second-order valence-corrected chi connectivity index (χ2v) is 2.75. The van der Waals surface area contributed by atoms with E-state index in [9.17, 15) is 4.79 Å². The van der Waals surface area contributed by atoms with Crippen LogP contribution in [0.5, 0.6) is 0 Å². The van der Waals surface area contributed by atoms with Gasteiger partial charge in [-0.25, -0.2) is 0 Å². The zero-order valence-electron chi connectivity index (χ0n) is 6.13. The Bertz CT molecular complexity index is 309. The smallest absolute Gasteiger partial charge is 0.146 e. The lowest BCUT2D eigenvalue weighted by Crippen LogP contribution is -1.98. The number of hydrogen-bond acceptors (Lipinski definition) is 1. The van der Waals surface area contributed by atoms with Gasteiger partial charge in [0.2, 0.25) is 0 Å². The molecule has 0 spiro atoms. The molecular weight excluding hydrogens is 138 g/mol. The Morgan fingerprint density at radius 3 is 3.18 bits per heavy atom. The first-order valence-electron chi connectivity index (χ1n) is 3.72. The quantitative estimate of drug-likeness (QED) is 0.600. The fourth-order valence-electron chi connectivity index (χ4n) is 1.40. The van der Waals surface area contributed by atoms with E-state index in [1.165, 1.54) is 11.3 Å². The molecule has 0 saturated carbocycles. The number of hydrogen-bond donors (Lipinski definition) is 1. The Hall–Kier alpha value is -1.31. The highest BCUT2D eigenvalue weighted by molar-refractivity contribution is 5.83. The molecule has 2 rings (SSSR count). The van der Waals surface area contributed by atoms with E-state index in [0.29, 0.717) is 0 Å². The Labute approximate surface area is 64.9 Å². The molecule has 56 valence electrons. The van der Waals surface area contributed by atoms with Crippen molar-refractivity contribution in [1.29, 1.82) is 0 Å². The maximum Gasteiger partial charge on any atom is 0.146 e. The topological polar surface area (TPSA) is 32.9 Å². The highest BCUT2D eigenvalue weighted by Crippen LogP contribution is 2.20. The summed E-state index contributed by atoms with van der Waals surface area (Å²) >= 11 is 0. The molecule has 0 radical (unpaired) electrons. The second kappa shape index (κ2) is 2.38. The SMILES string of the molecule is O=CC1=Cc2cc[nH]c2CC1. The minimum absolute atomic E-state index is 0.872. The van der Waals surface area contributed by atoms with Crippen molar-refractivity contribution in [1.82, 2.24) is 4.98 Å². The van der Waals surface area contributed by atoms with Gasteiger partial charge in [0.05, 0.1) is 0 Å². The van der Waals surface area contributed by atoms with Crippen LogP contribution in [0.15, 0.2) is 17.8 Å². The van der Waals surface area contributed by atoms with Crippen molar-refractivity contribution < 1.29 is 4.79 Å². The minimum atomic E-state index is 0.872. The standard InChI is InChI=1S/C9H9NO/c11-6-7-1-2-9-8(5-7)3-4-10-9/h3-6,10H,1-2H2. The van der Waals surface area contributed by atoms with Crippen molar-refractivity contribution in [3.8, 4) is 0 Å². The largest absolute Gasteiger partial charge is 0.364 e. The number of nitrogens with one attached hydrogen (secondary N) is 1. The molecule has 0 saturated heterocycles. The number of aromatic nitrogens is 1. The monoisotopic (exact) mass is 147 g/mol. The molecule has 1 heterocycles. The molecule has 0 atom stereocenters. The molecular formula is C9H9NO. The number of aryl methyl sites for hydroxylation is 1. The minimum Gasteiger partial charge on any atom is -0.364 e. The lowest BCUT2D eigenvalue weighted by molar-refractivity contribution is -0.105. The summed E-state index contributed by atoms with van der Waals surface area (Å²) in [5.41, 5.74) is 3.31. The summed E-state index contributed by atoms with van der Waals surface area (Å²) in [5, 5.41) is 0. The molecule has 1 aliphatic rings. The van der Waals surface area contributed by atoms with E-state index in [1.54, 1.807) is 0 Å². The molecule has 0 aliphatic heterocycles. The summed E-state index contributed by atoms with van der Waals surface area (Å²) in [5.74, 6) is 0. The van der Waals surface area contributed by atoms with Crippen molar-refractivity contribution in [3.05, 3.63) is 29.1 Å². The van der Waals surface area contributed by atoms with Gasteiger partial charge < -0.3 is 4.98 Å². The van der Waals surface area contributed by atoms with Gasteiger partial charge in [0, 0.05) is 11.9 Å². The number of carbonyl (C=O) groups is 1. The van der Waals surface area contributed by atoms with Crippen LogP contribution in [0, 0.1) is 0 Å². The van der Waals surface area contributed by atoms with Crippen LogP contribution in [-0.2, 0) is 11.2 Å². The number of H-pyrrole nitrogens is 1. The van der Waals surface area contributed by atoms with E-state index in [4.69, 9.17) is 0 Å². The maximum atomic E-state index is 10.4. The summed E-state index contributed by atoms with van der Waals surface area (Å²) in [6.07, 6.45) is 6.64. The summed E-state index contributed by atoms with van der Waals surface area (Å²) < 4.78 is 0. The van der Waals surface area contributed by atoms with Crippen LogP contribution in [-0.4, -0.2) is 11.3 Å². The van der Waals surface area contributed by atoms with Crippen LogP contribution in [0.2, 0.25) is 0 Å². The molecule has 2 heteroatoms. The van der Waals surface area contributed by atoms with Crippen molar-refractivity contribution in [2.75, 3.05) is 0 Å². The fraction of sp³-hybridized carbons (Fsp3) is 0.222. The molecule has 0 unspecified atom stereocenters. The van der Waals surface area contributed by atoms with Gasteiger partial charge in [-0.05, 0) is 36.1 Å². The lowest BCUT2D eigenvalue weighted by atomic mass is 9.99. The third kappa shape index (κ3) is 1.00. The number of aldehydes is 1. The van der Waals surface area contributed by atoms with Gasteiger partial charge in [0.25, 0.3) is 0 Å². The first-order chi connectivity index (χ1) is 5.40. The molecule has 1 aromatic heterocycles. The molecule has 1 aliphatic carbocycles. The molecule has 1 aromatic rings. The van der Waals surface area contributed by atoms with Crippen LogP contribution in [0.3, 0.4) is 0 Å². The molecule has 0 amide bonds. The van der Waals surface area contributed by atoms with Gasteiger partial charge in [-0.3, -0.25) is 4.79 Å². The first-order valence-corrected chi connectivity index (χ1v) is 3.72. The van der Waals surface area contributed by atoms with Crippen molar-refractivity contribution >= 4 is 12.4 Å². The predicted octanol–water partition coefficient (Wildman–Crippen LogP) is 1.54. The molecule has 0 bridgehead atoms. The summed E-state index contributed by atoms with van der Waals surface area (Å²) in [4.78, 5) is 13.6. The predicted molar refractivity (Wildman–Crippen MR) is 43.2 cm³/mol. The van der Waals surface area contributed by atoms with Gasteiger partial charge in [-0.2, -0.15) is 0 Å². The third-order valence-corrected chi connectivity index (χ3v) is 2.02. The fourth-order valence-corrected chi connectivity index (χ4v) is 1.40. The zero-order valence-corrected chi connectivity index (χ0v) is 6.13. The van der Waals surface area contributed by atoms with E-state index in [-0.39, 0.29) is 0 Å². The Kier molecular flexibility index (Phi) is 1.39. The van der Waals surface area contributed by atoms with E-state index in [0.717, 1.165) is 24.7 Å². The first kappa shape index (κ1) is 6.40. The van der Waals surface area contributed by atoms with E-state index in [2.05, 4.69) is 4.98 Å². The number of carbonyl (C=O) groups excluding carboxylic acids is 1. The summed E-state index contributed by atoms with van der Waals surface area (Å²) in [6.45, 7) is 0. The van der Waals surface area contributed by atoms with Gasteiger partial charge >= 0.3 is 0 Å². The lowest BCUT2D eigenvalue weighted by Gasteiger charge is -2.07. The van der Waals surface area contributed by atoms with Crippen LogP contribution in [0.4, 0.5) is 0 Å². The molecule has 0 aromatic carbocycles. The molecule has 1 N–H and O–H groups in total. The van der Waals surface area contributed by atoms with E-state index in [1.807, 2.05) is 18.3 Å². The Morgan fingerprint density at radius 2 is 2.36 bits per heavy atom. The average molecular weight is 147 g/mol. The molecule has 0 fully saturated rings. The van der Waals surface area contributed by atoms with Gasteiger partial charge in [-0.15, -0.1) is 0 Å². The average Bonchev–Trinajstić information content (AvgIpc) is 2.50. The second-order valence-electron chi connectivity index (χ2n) is 2.75. The van der Waals surface area contributed by atoms with Crippen molar-refractivity contribution in [3.63, 3.8) is 0 Å². The summed E-state index contributed by atoms with van der Waals surface area (Å²) in [6, 6.07) is 2.00. The van der Waals surface area contributed by atoms with Crippen LogP contribution in [0.25, 0.3) is 6.08 Å². The Balaban J connectivity index is 2.44. The summed E-state index contributed by atoms with van der Waals surface area (Å²) in [7, 11) is 0. The van der Waals surface area contributed by atoms with Crippen LogP contribution >= 0.6 is 0 Å².